The molecule has 1 aromatic carbocycles. The maximum absolute atomic E-state index is 12.0. The second-order valence-corrected chi connectivity index (χ2v) is 6.15. The highest BCUT2D eigenvalue weighted by molar-refractivity contribution is 7.98. The van der Waals surface area contributed by atoms with Crippen LogP contribution in [0.5, 0.6) is 0 Å². The van der Waals surface area contributed by atoms with Crippen molar-refractivity contribution in [1.82, 2.24) is 29.5 Å². The summed E-state index contributed by atoms with van der Waals surface area (Å²) in [6.45, 7) is 2.04. The van der Waals surface area contributed by atoms with Crippen LogP contribution in [0.3, 0.4) is 0 Å². The molecule has 4 aromatic rings. The SMILES string of the molecule is Cc1ccc2nc(SCc3cc(=O)n4[nH]c(N)nc4n3)[nH]c2c1. The monoisotopic (exact) mass is 327 g/mol. The van der Waals surface area contributed by atoms with Crippen molar-refractivity contribution >= 4 is 34.5 Å². The summed E-state index contributed by atoms with van der Waals surface area (Å²) in [6, 6.07) is 7.52. The maximum atomic E-state index is 12.0. The summed E-state index contributed by atoms with van der Waals surface area (Å²) in [7, 11) is 0. The lowest BCUT2D eigenvalue weighted by molar-refractivity contribution is 0.891. The van der Waals surface area contributed by atoms with Crippen molar-refractivity contribution in [3.05, 3.63) is 45.9 Å². The summed E-state index contributed by atoms with van der Waals surface area (Å²) in [4.78, 5) is 28.0. The average Bonchev–Trinajstić information content (AvgIpc) is 3.07. The molecule has 8 nitrogen and oxygen atoms in total. The highest BCUT2D eigenvalue weighted by Gasteiger charge is 2.09. The zero-order valence-corrected chi connectivity index (χ0v) is 13.0. The molecule has 0 radical (unpaired) electrons. The molecule has 0 saturated heterocycles. The number of aromatic nitrogens is 6. The Morgan fingerprint density at radius 3 is 3.00 bits per heavy atom. The fraction of sp³-hybridized carbons (Fsp3) is 0.143. The molecule has 3 heterocycles. The Morgan fingerprint density at radius 1 is 1.26 bits per heavy atom. The van der Waals surface area contributed by atoms with Gasteiger partial charge in [0.25, 0.3) is 11.3 Å². The van der Waals surface area contributed by atoms with Crippen molar-refractivity contribution in [2.24, 2.45) is 0 Å². The molecule has 4 N–H and O–H groups in total. The summed E-state index contributed by atoms with van der Waals surface area (Å²) >= 11 is 1.48. The van der Waals surface area contributed by atoms with Gasteiger partial charge in [-0.3, -0.25) is 9.89 Å². The fourth-order valence-electron chi connectivity index (χ4n) is 2.33. The number of nitrogens with zero attached hydrogens (tertiary/aromatic N) is 4. The van der Waals surface area contributed by atoms with Crippen LogP contribution in [0.4, 0.5) is 5.95 Å². The molecule has 0 atom stereocenters. The number of aromatic amines is 2. The van der Waals surface area contributed by atoms with Crippen molar-refractivity contribution in [2.75, 3.05) is 5.73 Å². The summed E-state index contributed by atoms with van der Waals surface area (Å²) in [5.41, 5.74) is 9.02. The molecule has 23 heavy (non-hydrogen) atoms. The number of nitrogen functional groups attached to an aromatic ring is 1. The first-order valence-corrected chi connectivity index (χ1v) is 7.90. The van der Waals surface area contributed by atoms with Gasteiger partial charge in [0.1, 0.15) is 0 Å². The summed E-state index contributed by atoms with van der Waals surface area (Å²) in [5.74, 6) is 0.940. The number of aryl methyl sites for hydroxylation is 1. The summed E-state index contributed by atoms with van der Waals surface area (Å²) in [5, 5.41) is 3.42. The number of anilines is 1. The molecule has 0 unspecified atom stereocenters. The van der Waals surface area contributed by atoms with Gasteiger partial charge in [-0.05, 0) is 24.6 Å². The van der Waals surface area contributed by atoms with Crippen LogP contribution in [-0.2, 0) is 5.75 Å². The molecule has 0 amide bonds. The molecule has 0 aliphatic carbocycles. The van der Waals surface area contributed by atoms with Gasteiger partial charge < -0.3 is 10.7 Å². The third kappa shape index (κ3) is 2.55. The number of benzene rings is 1. The second kappa shape index (κ2) is 5.13. The number of hydrogen-bond acceptors (Lipinski definition) is 6. The van der Waals surface area contributed by atoms with Gasteiger partial charge in [0.2, 0.25) is 5.95 Å². The molecule has 0 aliphatic heterocycles. The maximum Gasteiger partial charge on any atom is 0.274 e. The third-order valence-corrected chi connectivity index (χ3v) is 4.28. The van der Waals surface area contributed by atoms with Crippen molar-refractivity contribution < 1.29 is 0 Å². The van der Waals surface area contributed by atoms with E-state index in [1.807, 2.05) is 19.1 Å². The Labute approximate surface area is 134 Å². The molecule has 9 heteroatoms. The Morgan fingerprint density at radius 2 is 2.13 bits per heavy atom. The van der Waals surface area contributed by atoms with Gasteiger partial charge in [-0.2, -0.15) is 9.50 Å². The smallest absolute Gasteiger partial charge is 0.274 e. The molecule has 116 valence electrons. The number of fused-ring (bicyclic) bond motifs is 2. The van der Waals surface area contributed by atoms with Crippen LogP contribution >= 0.6 is 11.8 Å². The van der Waals surface area contributed by atoms with E-state index >= 15 is 0 Å². The van der Waals surface area contributed by atoms with Gasteiger partial charge in [0, 0.05) is 11.8 Å². The standard InChI is InChI=1S/C14H13N7OS/c1-7-2-3-9-10(4-7)18-14(17-9)23-6-8-5-11(22)21-13(16-8)19-12(15)20-21/h2-5H,6H2,1H3,(H,17,18)(H3,15,16,19,20). The Bertz CT molecular complexity index is 1080. The van der Waals surface area contributed by atoms with E-state index in [0.29, 0.717) is 11.4 Å². The molecule has 0 spiro atoms. The minimum atomic E-state index is -0.241. The van der Waals surface area contributed by atoms with Crippen molar-refractivity contribution in [2.45, 2.75) is 17.8 Å². The summed E-state index contributed by atoms with van der Waals surface area (Å²) in [6.07, 6.45) is 0. The van der Waals surface area contributed by atoms with Crippen LogP contribution in [0.1, 0.15) is 11.3 Å². The number of nitrogens with one attached hydrogen (secondary N) is 2. The van der Waals surface area contributed by atoms with Crippen molar-refractivity contribution in [3.63, 3.8) is 0 Å². The van der Waals surface area contributed by atoms with Gasteiger partial charge in [0.15, 0.2) is 5.16 Å². The first-order chi connectivity index (χ1) is 11.1. The van der Waals surface area contributed by atoms with Gasteiger partial charge in [-0.25, -0.2) is 9.97 Å². The lowest BCUT2D eigenvalue weighted by Crippen LogP contribution is -2.15. The van der Waals surface area contributed by atoms with E-state index in [4.69, 9.17) is 5.73 Å². The largest absolute Gasteiger partial charge is 0.368 e. The first-order valence-electron chi connectivity index (χ1n) is 6.92. The van der Waals surface area contributed by atoms with Crippen LogP contribution in [0.15, 0.2) is 34.2 Å². The highest BCUT2D eigenvalue weighted by Crippen LogP contribution is 2.22. The van der Waals surface area contributed by atoms with Crippen LogP contribution in [0, 0.1) is 6.92 Å². The van der Waals surface area contributed by atoms with E-state index in [-0.39, 0.29) is 17.3 Å². The minimum Gasteiger partial charge on any atom is -0.368 e. The van der Waals surface area contributed by atoms with E-state index in [1.54, 1.807) is 0 Å². The van der Waals surface area contributed by atoms with Crippen molar-refractivity contribution in [3.8, 4) is 0 Å². The molecule has 0 aliphatic rings. The molecular formula is C14H13N7OS. The predicted molar refractivity (Wildman–Crippen MR) is 88.4 cm³/mol. The number of rotatable bonds is 3. The normalized spacial score (nSPS) is 11.5. The van der Waals surface area contributed by atoms with E-state index in [1.165, 1.54) is 27.9 Å². The van der Waals surface area contributed by atoms with E-state index in [0.717, 1.165) is 16.2 Å². The van der Waals surface area contributed by atoms with E-state index in [9.17, 15) is 4.79 Å². The topological polar surface area (TPSA) is 118 Å². The quantitative estimate of drug-likeness (QED) is 0.491. The molecule has 0 fully saturated rings. The number of imidazole rings is 1. The molecule has 0 saturated carbocycles. The van der Waals surface area contributed by atoms with Crippen LogP contribution in [-0.4, -0.2) is 29.5 Å². The van der Waals surface area contributed by atoms with E-state index in [2.05, 4.69) is 31.1 Å². The Balaban J connectivity index is 1.61. The lowest BCUT2D eigenvalue weighted by atomic mass is 10.2. The van der Waals surface area contributed by atoms with E-state index < -0.39 is 0 Å². The molecule has 0 bridgehead atoms. The average molecular weight is 327 g/mol. The molecular weight excluding hydrogens is 314 g/mol. The number of H-pyrrole nitrogens is 2. The number of thioether (sulfide) groups is 1. The van der Waals surface area contributed by atoms with Gasteiger partial charge >= 0.3 is 0 Å². The Kier molecular flexibility index (Phi) is 3.08. The zero-order chi connectivity index (χ0) is 16.0. The Hall–Kier alpha value is -2.81. The molecule has 3 aromatic heterocycles. The predicted octanol–water partition coefficient (Wildman–Crippen LogP) is 1.48. The van der Waals surface area contributed by atoms with Gasteiger partial charge in [0.05, 0.1) is 16.7 Å². The van der Waals surface area contributed by atoms with Crippen LogP contribution in [0.2, 0.25) is 0 Å². The minimum absolute atomic E-state index is 0.159. The number of hydrogen-bond donors (Lipinski definition) is 3. The number of nitrogens with two attached hydrogens (primary N) is 1. The zero-order valence-electron chi connectivity index (χ0n) is 12.2. The van der Waals surface area contributed by atoms with Gasteiger partial charge in [-0.15, -0.1) is 0 Å². The molecule has 4 rings (SSSR count). The third-order valence-electron chi connectivity index (χ3n) is 3.37. The summed E-state index contributed by atoms with van der Waals surface area (Å²) < 4.78 is 1.22. The second-order valence-electron chi connectivity index (χ2n) is 5.18. The first kappa shape index (κ1) is 13.8. The van der Waals surface area contributed by atoms with Gasteiger partial charge in [-0.1, -0.05) is 17.8 Å². The van der Waals surface area contributed by atoms with Crippen molar-refractivity contribution in [1.29, 1.82) is 0 Å². The highest BCUT2D eigenvalue weighted by atomic mass is 32.2. The van der Waals surface area contributed by atoms with Crippen LogP contribution < -0.4 is 11.3 Å². The fourth-order valence-corrected chi connectivity index (χ4v) is 3.11. The lowest BCUT2D eigenvalue weighted by Gasteiger charge is -1.98. The van der Waals surface area contributed by atoms with Crippen LogP contribution in [0.25, 0.3) is 16.8 Å².